The topological polar surface area (TPSA) is 66.9 Å². The minimum atomic E-state index is -0.0345. The smallest absolute Gasteiger partial charge is 0.233 e. The fraction of sp³-hybridized carbons (Fsp3) is 0.545. The molecule has 1 fully saturated rings. The highest BCUT2D eigenvalue weighted by molar-refractivity contribution is 8.02. The third kappa shape index (κ3) is 3.71. The van der Waals surface area contributed by atoms with Crippen molar-refractivity contribution in [3.05, 3.63) is 12.7 Å². The lowest BCUT2D eigenvalue weighted by molar-refractivity contribution is -0.120. The van der Waals surface area contributed by atoms with Gasteiger partial charge in [0.25, 0.3) is 0 Å². The molecule has 1 aromatic heterocycles. The summed E-state index contributed by atoms with van der Waals surface area (Å²) in [7, 11) is 0. The summed E-state index contributed by atoms with van der Waals surface area (Å²) >= 11 is 2.98. The molecule has 98 valence electrons. The van der Waals surface area contributed by atoms with E-state index in [-0.39, 0.29) is 11.2 Å². The van der Waals surface area contributed by atoms with Gasteiger partial charge in [-0.15, -0.1) is 16.8 Å². The molecule has 2 N–H and O–H groups in total. The first-order valence-corrected chi connectivity index (χ1v) is 7.62. The summed E-state index contributed by atoms with van der Waals surface area (Å²) < 4.78 is 0.837. The zero-order valence-electron chi connectivity index (χ0n) is 10.0. The first-order chi connectivity index (χ1) is 8.79. The molecular formula is C11H16N4OS2. The molecule has 0 aromatic carbocycles. The maximum atomic E-state index is 11.8. The molecule has 1 aliphatic heterocycles. The summed E-state index contributed by atoms with van der Waals surface area (Å²) in [5.74, 6) is 0.119. The maximum absolute atomic E-state index is 11.8. The second-order valence-electron chi connectivity index (χ2n) is 3.94. The number of nitrogens with zero attached hydrogens (tertiary/aromatic N) is 2. The van der Waals surface area contributed by atoms with Crippen LogP contribution in [0.15, 0.2) is 17.0 Å². The summed E-state index contributed by atoms with van der Waals surface area (Å²) in [6.45, 7) is 5.09. The number of rotatable bonds is 5. The van der Waals surface area contributed by atoms with Crippen LogP contribution >= 0.6 is 23.1 Å². The molecule has 1 aliphatic rings. The lowest BCUT2D eigenvalue weighted by atomic mass is 10.2. The third-order valence-corrected chi connectivity index (χ3v) is 4.76. The molecule has 18 heavy (non-hydrogen) atoms. The van der Waals surface area contributed by atoms with Crippen LogP contribution in [0, 0.1) is 0 Å². The van der Waals surface area contributed by atoms with Crippen molar-refractivity contribution in [1.29, 1.82) is 0 Å². The van der Waals surface area contributed by atoms with E-state index in [4.69, 9.17) is 0 Å². The van der Waals surface area contributed by atoms with E-state index in [1.54, 1.807) is 6.08 Å². The molecule has 1 amide bonds. The van der Waals surface area contributed by atoms with Gasteiger partial charge in [0.1, 0.15) is 0 Å². The Bertz CT molecular complexity index is 421. The number of amides is 1. The van der Waals surface area contributed by atoms with Crippen molar-refractivity contribution in [2.24, 2.45) is 0 Å². The Balaban J connectivity index is 1.93. The van der Waals surface area contributed by atoms with Gasteiger partial charge in [-0.05, 0) is 12.8 Å². The van der Waals surface area contributed by atoms with Crippen LogP contribution in [-0.4, -0.2) is 34.4 Å². The Morgan fingerprint density at radius 2 is 2.44 bits per heavy atom. The molecule has 1 atom stereocenters. The van der Waals surface area contributed by atoms with Gasteiger partial charge in [0.15, 0.2) is 4.34 Å². The van der Waals surface area contributed by atoms with Gasteiger partial charge in [-0.3, -0.25) is 4.79 Å². The molecule has 0 unspecified atom stereocenters. The summed E-state index contributed by atoms with van der Waals surface area (Å²) in [6, 6.07) is 0. The third-order valence-electron chi connectivity index (χ3n) is 2.53. The van der Waals surface area contributed by atoms with Crippen molar-refractivity contribution in [3.8, 4) is 0 Å². The van der Waals surface area contributed by atoms with Gasteiger partial charge < -0.3 is 10.6 Å². The Hall–Kier alpha value is -1.08. The molecular weight excluding hydrogens is 268 g/mol. The Labute approximate surface area is 114 Å². The largest absolute Gasteiger partial charge is 0.357 e. The van der Waals surface area contributed by atoms with Gasteiger partial charge in [-0.25, -0.2) is 0 Å². The number of carbonyl (C=O) groups is 1. The average Bonchev–Trinajstić information content (AvgIpc) is 2.72. The van der Waals surface area contributed by atoms with E-state index >= 15 is 0 Å². The van der Waals surface area contributed by atoms with Crippen molar-refractivity contribution < 1.29 is 4.79 Å². The Kier molecular flexibility index (Phi) is 5.00. The number of thioether (sulfide) groups is 1. The molecule has 0 spiro atoms. The predicted octanol–water partition coefficient (Wildman–Crippen LogP) is 1.90. The maximum Gasteiger partial charge on any atom is 0.233 e. The Morgan fingerprint density at radius 3 is 3.28 bits per heavy atom. The first-order valence-electron chi connectivity index (χ1n) is 5.92. The molecule has 0 aliphatic carbocycles. The molecule has 0 radical (unpaired) electrons. The molecule has 1 aromatic rings. The standard InChI is InChI=1S/C11H16N4OS2/c1-2-6-13-10-14-15-11(18-10)17-8-5-3-4-7-12-9(8)16/h2,8H,1,3-7H2,(H,12,16)(H,13,14)/t8-/m0/s1. The highest BCUT2D eigenvalue weighted by atomic mass is 32.2. The van der Waals surface area contributed by atoms with E-state index in [2.05, 4.69) is 27.4 Å². The SMILES string of the molecule is C=CCNc1nnc(S[C@H]2CCCCNC2=O)s1. The number of hydrogen-bond acceptors (Lipinski definition) is 6. The normalized spacial score (nSPS) is 20.0. The van der Waals surface area contributed by atoms with Crippen LogP contribution in [0.5, 0.6) is 0 Å². The minimum Gasteiger partial charge on any atom is -0.357 e. The Morgan fingerprint density at radius 1 is 1.56 bits per heavy atom. The lowest BCUT2D eigenvalue weighted by Crippen LogP contribution is -2.30. The number of nitrogens with one attached hydrogen (secondary N) is 2. The summed E-state index contributed by atoms with van der Waals surface area (Å²) in [5.41, 5.74) is 0. The van der Waals surface area contributed by atoms with Gasteiger partial charge in [-0.2, -0.15) is 0 Å². The van der Waals surface area contributed by atoms with E-state index in [9.17, 15) is 4.79 Å². The number of carbonyl (C=O) groups excluding carboxylic acids is 1. The summed E-state index contributed by atoms with van der Waals surface area (Å²) in [4.78, 5) is 11.8. The molecule has 1 saturated heterocycles. The zero-order chi connectivity index (χ0) is 12.8. The molecule has 7 heteroatoms. The van der Waals surface area contributed by atoms with Crippen molar-refractivity contribution in [2.75, 3.05) is 18.4 Å². The van der Waals surface area contributed by atoms with Crippen LogP contribution in [-0.2, 0) is 4.79 Å². The molecule has 2 rings (SSSR count). The fourth-order valence-electron chi connectivity index (χ4n) is 1.63. The van der Waals surface area contributed by atoms with Gasteiger partial charge in [0.05, 0.1) is 5.25 Å². The van der Waals surface area contributed by atoms with Crippen molar-refractivity contribution in [3.63, 3.8) is 0 Å². The fourth-order valence-corrected chi connectivity index (χ4v) is 3.70. The predicted molar refractivity (Wildman–Crippen MR) is 75.1 cm³/mol. The van der Waals surface area contributed by atoms with Gasteiger partial charge in [0, 0.05) is 13.1 Å². The second-order valence-corrected chi connectivity index (χ2v) is 6.36. The van der Waals surface area contributed by atoms with E-state index < -0.39 is 0 Å². The van der Waals surface area contributed by atoms with E-state index in [1.807, 2.05) is 0 Å². The highest BCUT2D eigenvalue weighted by Gasteiger charge is 2.23. The van der Waals surface area contributed by atoms with Gasteiger partial charge >= 0.3 is 0 Å². The quantitative estimate of drug-likeness (QED) is 0.808. The second kappa shape index (κ2) is 6.75. The van der Waals surface area contributed by atoms with Crippen LogP contribution in [0.4, 0.5) is 5.13 Å². The van der Waals surface area contributed by atoms with E-state index in [0.717, 1.165) is 35.3 Å². The average molecular weight is 284 g/mol. The number of anilines is 1. The van der Waals surface area contributed by atoms with Gasteiger partial charge in [-0.1, -0.05) is 35.6 Å². The summed E-state index contributed by atoms with van der Waals surface area (Å²) in [6.07, 6.45) is 4.82. The van der Waals surface area contributed by atoms with Crippen LogP contribution < -0.4 is 10.6 Å². The van der Waals surface area contributed by atoms with Crippen LogP contribution in [0.3, 0.4) is 0 Å². The molecule has 2 heterocycles. The molecule has 0 bridgehead atoms. The number of aromatic nitrogens is 2. The zero-order valence-corrected chi connectivity index (χ0v) is 11.6. The van der Waals surface area contributed by atoms with E-state index in [1.165, 1.54) is 23.1 Å². The monoisotopic (exact) mass is 284 g/mol. The molecule has 0 saturated carbocycles. The lowest BCUT2D eigenvalue weighted by Gasteiger charge is -2.09. The van der Waals surface area contributed by atoms with Crippen molar-refractivity contribution >= 4 is 34.1 Å². The minimum absolute atomic E-state index is 0.0345. The van der Waals surface area contributed by atoms with Crippen LogP contribution in [0.1, 0.15) is 19.3 Å². The number of hydrogen-bond donors (Lipinski definition) is 2. The van der Waals surface area contributed by atoms with E-state index in [0.29, 0.717) is 6.54 Å². The molecule has 5 nitrogen and oxygen atoms in total. The highest BCUT2D eigenvalue weighted by Crippen LogP contribution is 2.31. The van der Waals surface area contributed by atoms with Crippen molar-refractivity contribution in [1.82, 2.24) is 15.5 Å². The van der Waals surface area contributed by atoms with Crippen LogP contribution in [0.25, 0.3) is 0 Å². The summed E-state index contributed by atoms with van der Waals surface area (Å²) in [5, 5.41) is 14.9. The first kappa shape index (κ1) is 13.4. The van der Waals surface area contributed by atoms with Crippen molar-refractivity contribution in [2.45, 2.75) is 28.9 Å². The van der Waals surface area contributed by atoms with Gasteiger partial charge in [0.2, 0.25) is 11.0 Å². The van der Waals surface area contributed by atoms with Crippen LogP contribution in [0.2, 0.25) is 0 Å².